The molecule has 0 saturated heterocycles. The molecule has 1 amide bonds. The third-order valence-corrected chi connectivity index (χ3v) is 9.15. The Bertz CT molecular complexity index is 1960. The Balaban J connectivity index is 1.79. The lowest BCUT2D eigenvalue weighted by atomic mass is 9.90. The van der Waals surface area contributed by atoms with E-state index in [0.717, 1.165) is 24.4 Å². The Labute approximate surface area is 314 Å². The van der Waals surface area contributed by atoms with Gasteiger partial charge in [-0.1, -0.05) is 6.92 Å². The third kappa shape index (κ3) is 10.8. The van der Waals surface area contributed by atoms with E-state index in [4.69, 9.17) is 14.2 Å². The summed E-state index contributed by atoms with van der Waals surface area (Å²) in [5, 5.41) is 2.93. The van der Waals surface area contributed by atoms with Gasteiger partial charge in [-0.2, -0.15) is 47.9 Å². The monoisotopic (exact) mass is 830 g/mol. The highest BCUT2D eigenvalue weighted by atomic mass is 32.2. The SMILES string of the molecule is CCOC(=O)CCCOc1cnc(N[C@H]2C[C@@H](CC)N(C(=O)OCC)c3ccc(OS(=O)(=O)C(F)(F)F)cc32)nc1Cc1cc(C(F)(F)F)cc(C(F)(F)F)c1. The predicted octanol–water partition coefficient (Wildman–Crippen LogP) is 8.35. The van der Waals surface area contributed by atoms with Crippen LogP contribution in [0.2, 0.25) is 0 Å². The number of amides is 1. The minimum absolute atomic E-state index is 0.00877. The molecule has 2 heterocycles. The summed E-state index contributed by atoms with van der Waals surface area (Å²) in [4.78, 5) is 34.5. The molecule has 2 atom stereocenters. The molecule has 0 spiro atoms. The fourth-order valence-electron chi connectivity index (χ4n) is 5.71. The number of carbonyl (C=O) groups is 2. The second kappa shape index (κ2) is 17.4. The van der Waals surface area contributed by atoms with Crippen LogP contribution in [0.25, 0.3) is 0 Å². The molecular formula is C34H35F9N4O8S. The summed E-state index contributed by atoms with van der Waals surface area (Å²) in [6.45, 7) is 4.77. The Kier molecular flexibility index (Phi) is 13.6. The van der Waals surface area contributed by atoms with Crippen LogP contribution in [0.1, 0.15) is 80.4 Å². The standard InChI is InChI=1S/C34H35F9N4O8S/c1-4-22-16-25(24-17-23(55-56(50,51)34(41,42)43)9-10-27(24)47(22)31(49)53-6-3)45-30-44-18-28(54-11-7-8-29(48)52-5-2)26(46-30)14-19-12-20(32(35,36)37)15-21(13-19)33(38,39)40/h9-10,12-13,15,17-18,22,25H,4-8,11,14,16H2,1-3H3,(H,44,45,46)/t22-,25+/m1/s1. The molecule has 0 unspecified atom stereocenters. The fraction of sp³-hybridized carbons (Fsp3) is 0.471. The number of hydrogen-bond donors (Lipinski definition) is 1. The van der Waals surface area contributed by atoms with Gasteiger partial charge in [0.1, 0.15) is 5.75 Å². The molecule has 0 aliphatic carbocycles. The molecule has 308 valence electrons. The van der Waals surface area contributed by atoms with Crippen LogP contribution in [-0.2, 0) is 43.2 Å². The maximum atomic E-state index is 13.7. The van der Waals surface area contributed by atoms with E-state index in [1.807, 2.05) is 0 Å². The Morgan fingerprint density at radius 3 is 2.12 bits per heavy atom. The normalized spacial score (nSPS) is 16.2. The van der Waals surface area contributed by atoms with E-state index in [1.54, 1.807) is 20.8 Å². The van der Waals surface area contributed by atoms with Gasteiger partial charge in [-0.05, 0) is 75.1 Å². The minimum Gasteiger partial charge on any atom is -0.490 e. The minimum atomic E-state index is -6.12. The van der Waals surface area contributed by atoms with E-state index in [1.165, 1.54) is 4.90 Å². The van der Waals surface area contributed by atoms with E-state index in [2.05, 4.69) is 19.5 Å². The number of nitrogens with one attached hydrogen (secondary N) is 1. The van der Waals surface area contributed by atoms with E-state index in [0.29, 0.717) is 18.6 Å². The number of alkyl halides is 9. The number of hydrogen-bond acceptors (Lipinski definition) is 11. The van der Waals surface area contributed by atoms with Gasteiger partial charge < -0.3 is 23.7 Å². The molecule has 1 aliphatic rings. The molecule has 22 heteroatoms. The zero-order chi connectivity index (χ0) is 41.6. The molecule has 56 heavy (non-hydrogen) atoms. The van der Waals surface area contributed by atoms with Crippen LogP contribution >= 0.6 is 0 Å². The van der Waals surface area contributed by atoms with Gasteiger partial charge in [0.05, 0.1) is 54.6 Å². The van der Waals surface area contributed by atoms with Crippen LogP contribution in [0.4, 0.5) is 55.9 Å². The van der Waals surface area contributed by atoms with Crippen molar-refractivity contribution in [2.75, 3.05) is 30.0 Å². The first kappa shape index (κ1) is 43.7. The van der Waals surface area contributed by atoms with Gasteiger partial charge in [0.25, 0.3) is 0 Å². The molecule has 0 bridgehead atoms. The summed E-state index contributed by atoms with van der Waals surface area (Å²) >= 11 is 0. The molecule has 0 radical (unpaired) electrons. The zero-order valence-electron chi connectivity index (χ0n) is 29.8. The molecular weight excluding hydrogens is 795 g/mol. The quantitative estimate of drug-likeness (QED) is 0.0550. The first-order chi connectivity index (χ1) is 26.1. The average molecular weight is 831 g/mol. The molecule has 12 nitrogen and oxygen atoms in total. The summed E-state index contributed by atoms with van der Waals surface area (Å²) in [5.41, 5.74) is -9.48. The van der Waals surface area contributed by atoms with Crippen LogP contribution < -0.4 is 19.1 Å². The highest BCUT2D eigenvalue weighted by molar-refractivity contribution is 7.88. The molecule has 4 rings (SSSR count). The predicted molar refractivity (Wildman–Crippen MR) is 179 cm³/mol. The topological polar surface area (TPSA) is 146 Å². The number of benzene rings is 2. The smallest absolute Gasteiger partial charge is 0.490 e. The van der Waals surface area contributed by atoms with Crippen LogP contribution in [0.5, 0.6) is 11.5 Å². The van der Waals surface area contributed by atoms with Crippen LogP contribution in [0.15, 0.2) is 42.6 Å². The average Bonchev–Trinajstić information content (AvgIpc) is 3.09. The van der Waals surface area contributed by atoms with Crippen molar-refractivity contribution in [2.24, 2.45) is 0 Å². The Hall–Kier alpha value is -5.02. The zero-order valence-corrected chi connectivity index (χ0v) is 30.6. The number of rotatable bonds is 14. The Morgan fingerprint density at radius 1 is 0.911 bits per heavy atom. The van der Waals surface area contributed by atoms with E-state index >= 15 is 0 Å². The van der Waals surface area contributed by atoms with Gasteiger partial charge in [0.2, 0.25) is 5.95 Å². The summed E-state index contributed by atoms with van der Waals surface area (Å²) in [6.07, 6.45) is -10.4. The first-order valence-electron chi connectivity index (χ1n) is 16.9. The second-order valence-corrected chi connectivity index (χ2v) is 13.7. The van der Waals surface area contributed by atoms with Crippen molar-refractivity contribution in [1.29, 1.82) is 0 Å². The molecule has 3 aromatic rings. The van der Waals surface area contributed by atoms with E-state index < -0.39 is 81.0 Å². The number of fused-ring (bicyclic) bond motifs is 1. The number of carbonyl (C=O) groups excluding carboxylic acids is 2. The maximum Gasteiger partial charge on any atom is 0.534 e. The van der Waals surface area contributed by atoms with Crippen molar-refractivity contribution in [2.45, 2.75) is 82.8 Å². The van der Waals surface area contributed by atoms with Gasteiger partial charge in [-0.15, -0.1) is 0 Å². The fourth-order valence-corrected chi connectivity index (χ4v) is 6.16. The van der Waals surface area contributed by atoms with E-state index in [9.17, 15) is 57.5 Å². The van der Waals surface area contributed by atoms with Crippen molar-refractivity contribution in [1.82, 2.24) is 9.97 Å². The molecule has 0 saturated carbocycles. The summed E-state index contributed by atoms with van der Waals surface area (Å²) in [7, 11) is -6.12. The van der Waals surface area contributed by atoms with Gasteiger partial charge in [0.15, 0.2) is 5.75 Å². The molecule has 0 fully saturated rings. The highest BCUT2D eigenvalue weighted by Gasteiger charge is 2.49. The van der Waals surface area contributed by atoms with Gasteiger partial charge in [-0.25, -0.2) is 14.8 Å². The lowest BCUT2D eigenvalue weighted by Gasteiger charge is -2.40. The Morgan fingerprint density at radius 2 is 1.55 bits per heavy atom. The van der Waals surface area contributed by atoms with Crippen molar-refractivity contribution < 1.29 is 75.9 Å². The van der Waals surface area contributed by atoms with Crippen LogP contribution in [-0.4, -0.2) is 61.8 Å². The van der Waals surface area contributed by atoms with Crippen molar-refractivity contribution >= 4 is 33.8 Å². The molecule has 2 aromatic carbocycles. The number of aromatic nitrogens is 2. The lowest BCUT2D eigenvalue weighted by Crippen LogP contribution is -2.46. The molecule has 1 aromatic heterocycles. The summed E-state index contributed by atoms with van der Waals surface area (Å²) in [6, 6.07) is 2.34. The summed E-state index contributed by atoms with van der Waals surface area (Å²) in [5.74, 6) is -1.77. The number of ether oxygens (including phenoxy) is 3. The lowest BCUT2D eigenvalue weighted by molar-refractivity contribution is -0.144. The van der Waals surface area contributed by atoms with Crippen LogP contribution in [0, 0.1) is 0 Å². The second-order valence-electron chi connectivity index (χ2n) is 12.1. The van der Waals surface area contributed by atoms with Gasteiger partial charge in [-0.3, -0.25) is 9.69 Å². The van der Waals surface area contributed by atoms with Gasteiger partial charge in [0, 0.05) is 24.4 Å². The maximum absolute atomic E-state index is 13.7. The third-order valence-electron chi connectivity index (χ3n) is 8.17. The number of halogens is 9. The first-order valence-corrected chi connectivity index (χ1v) is 18.3. The summed E-state index contributed by atoms with van der Waals surface area (Å²) < 4.78 is 165. The van der Waals surface area contributed by atoms with Crippen molar-refractivity contribution in [3.63, 3.8) is 0 Å². The van der Waals surface area contributed by atoms with Crippen molar-refractivity contribution in [3.8, 4) is 11.5 Å². The van der Waals surface area contributed by atoms with Crippen LogP contribution in [0.3, 0.4) is 0 Å². The van der Waals surface area contributed by atoms with E-state index in [-0.39, 0.29) is 73.8 Å². The van der Waals surface area contributed by atoms with Gasteiger partial charge >= 0.3 is 40.0 Å². The number of esters is 1. The molecule has 1 aliphatic heterocycles. The molecule has 1 N–H and O–H groups in total. The van der Waals surface area contributed by atoms with Crippen molar-refractivity contribution in [3.05, 3.63) is 70.5 Å². The number of nitrogens with zero attached hydrogens (tertiary/aromatic N) is 3. The largest absolute Gasteiger partial charge is 0.534 e. The number of anilines is 2. The highest BCUT2D eigenvalue weighted by Crippen LogP contribution is 2.43.